The number of urea groups is 1. The summed E-state index contributed by atoms with van der Waals surface area (Å²) in [6.45, 7) is 4.89. The third-order valence-electron chi connectivity index (χ3n) is 5.25. The standard InChI is InChI=1S/C21H27N3O5/c1-13(18(26)22-16-10-9-14-6-4-7-15(14)12-16)29-17(25)8-5-11-24-19(27)21(2,3)23-20(24)28/h9-10,12-13H,4-8,11H2,1-3H3,(H,22,26)(H,23,28). The van der Waals surface area contributed by atoms with E-state index in [0.717, 1.165) is 24.2 Å². The molecule has 1 unspecified atom stereocenters. The number of hydrogen-bond donors (Lipinski definition) is 2. The Kier molecular flexibility index (Phi) is 5.91. The molecule has 2 aliphatic rings. The fourth-order valence-electron chi connectivity index (χ4n) is 3.61. The zero-order chi connectivity index (χ0) is 21.2. The van der Waals surface area contributed by atoms with Crippen molar-refractivity contribution in [3.8, 4) is 0 Å². The number of nitrogens with one attached hydrogen (secondary N) is 2. The molecule has 0 spiro atoms. The van der Waals surface area contributed by atoms with Crippen molar-refractivity contribution in [3.63, 3.8) is 0 Å². The van der Waals surface area contributed by atoms with Crippen LogP contribution in [0, 0.1) is 0 Å². The second kappa shape index (κ2) is 8.23. The highest BCUT2D eigenvalue weighted by atomic mass is 16.5. The van der Waals surface area contributed by atoms with Crippen LogP contribution in [0.1, 0.15) is 51.2 Å². The molecule has 0 saturated carbocycles. The molecule has 8 nitrogen and oxygen atoms in total. The number of benzene rings is 1. The van der Waals surface area contributed by atoms with Crippen LogP contribution < -0.4 is 10.6 Å². The number of rotatable bonds is 7. The van der Waals surface area contributed by atoms with Crippen LogP contribution in [0.2, 0.25) is 0 Å². The number of carbonyl (C=O) groups excluding carboxylic acids is 4. The van der Waals surface area contributed by atoms with Gasteiger partial charge < -0.3 is 15.4 Å². The van der Waals surface area contributed by atoms with Crippen molar-refractivity contribution in [1.29, 1.82) is 0 Å². The minimum Gasteiger partial charge on any atom is -0.453 e. The maximum atomic E-state index is 12.3. The van der Waals surface area contributed by atoms with Crippen molar-refractivity contribution in [2.45, 2.75) is 64.5 Å². The number of carbonyl (C=O) groups is 4. The molecular weight excluding hydrogens is 374 g/mol. The number of anilines is 1. The van der Waals surface area contributed by atoms with Gasteiger partial charge in [-0.1, -0.05) is 6.07 Å². The van der Waals surface area contributed by atoms with Gasteiger partial charge >= 0.3 is 12.0 Å². The summed E-state index contributed by atoms with van der Waals surface area (Å²) in [6, 6.07) is 5.38. The molecule has 3 rings (SSSR count). The van der Waals surface area contributed by atoms with E-state index in [1.54, 1.807) is 13.8 Å². The first kappa shape index (κ1) is 20.8. The lowest BCUT2D eigenvalue weighted by Gasteiger charge is -2.16. The summed E-state index contributed by atoms with van der Waals surface area (Å²) in [5, 5.41) is 5.36. The SMILES string of the molecule is CC(OC(=O)CCCN1C(=O)NC(C)(C)C1=O)C(=O)Nc1ccc2c(c1)CCC2. The molecule has 1 aromatic rings. The largest absolute Gasteiger partial charge is 0.453 e. The molecule has 1 aromatic carbocycles. The van der Waals surface area contributed by atoms with E-state index in [1.807, 2.05) is 18.2 Å². The molecule has 29 heavy (non-hydrogen) atoms. The van der Waals surface area contributed by atoms with E-state index in [1.165, 1.54) is 18.1 Å². The van der Waals surface area contributed by atoms with Gasteiger partial charge in [-0.3, -0.25) is 19.3 Å². The van der Waals surface area contributed by atoms with E-state index in [2.05, 4.69) is 10.6 Å². The van der Waals surface area contributed by atoms with Crippen molar-refractivity contribution < 1.29 is 23.9 Å². The van der Waals surface area contributed by atoms with Crippen LogP contribution in [0.15, 0.2) is 18.2 Å². The topological polar surface area (TPSA) is 105 Å². The first-order chi connectivity index (χ1) is 13.7. The zero-order valence-corrected chi connectivity index (χ0v) is 17.0. The van der Waals surface area contributed by atoms with E-state index in [-0.39, 0.29) is 25.3 Å². The normalized spacial score (nSPS) is 18.2. The Morgan fingerprint density at radius 2 is 1.97 bits per heavy atom. The van der Waals surface area contributed by atoms with Crippen LogP contribution in [-0.2, 0) is 32.0 Å². The first-order valence-corrected chi connectivity index (χ1v) is 9.93. The average molecular weight is 401 g/mol. The summed E-state index contributed by atoms with van der Waals surface area (Å²) in [5.74, 6) is -1.27. The van der Waals surface area contributed by atoms with Gasteiger partial charge in [-0.05, 0) is 69.7 Å². The highest BCUT2D eigenvalue weighted by molar-refractivity contribution is 6.06. The van der Waals surface area contributed by atoms with Gasteiger partial charge in [-0.2, -0.15) is 0 Å². The molecule has 1 saturated heterocycles. The lowest BCUT2D eigenvalue weighted by molar-refractivity contribution is -0.153. The maximum absolute atomic E-state index is 12.3. The second-order valence-corrected chi connectivity index (χ2v) is 8.07. The Labute approximate surface area is 170 Å². The minimum atomic E-state index is -0.939. The number of nitrogens with zero attached hydrogens (tertiary/aromatic N) is 1. The summed E-state index contributed by atoms with van der Waals surface area (Å²) >= 11 is 0. The summed E-state index contributed by atoms with van der Waals surface area (Å²) in [4.78, 5) is 49.3. The molecule has 0 bridgehead atoms. The molecule has 2 N–H and O–H groups in total. The third-order valence-corrected chi connectivity index (χ3v) is 5.25. The predicted octanol–water partition coefficient (Wildman–Crippen LogP) is 2.16. The number of imide groups is 1. The van der Waals surface area contributed by atoms with Gasteiger partial charge in [0.25, 0.3) is 11.8 Å². The van der Waals surface area contributed by atoms with E-state index < -0.39 is 29.6 Å². The molecule has 1 atom stereocenters. The lowest BCUT2D eigenvalue weighted by atomic mass is 10.1. The molecule has 0 radical (unpaired) electrons. The molecular formula is C21H27N3O5. The summed E-state index contributed by atoms with van der Waals surface area (Å²) in [6.07, 6.45) is 2.55. The molecule has 1 heterocycles. The summed E-state index contributed by atoms with van der Waals surface area (Å²) < 4.78 is 5.18. The zero-order valence-electron chi connectivity index (χ0n) is 17.0. The van der Waals surface area contributed by atoms with Gasteiger partial charge in [-0.25, -0.2) is 4.79 Å². The van der Waals surface area contributed by atoms with Crippen molar-refractivity contribution >= 4 is 29.5 Å². The van der Waals surface area contributed by atoms with Crippen molar-refractivity contribution in [3.05, 3.63) is 29.3 Å². The number of fused-ring (bicyclic) bond motifs is 1. The fraction of sp³-hybridized carbons (Fsp3) is 0.524. The number of amides is 4. The molecule has 156 valence electrons. The highest BCUT2D eigenvalue weighted by Gasteiger charge is 2.43. The lowest BCUT2D eigenvalue weighted by Crippen LogP contribution is -2.40. The van der Waals surface area contributed by atoms with Gasteiger partial charge in [0.05, 0.1) is 0 Å². The van der Waals surface area contributed by atoms with Crippen LogP contribution in [0.4, 0.5) is 10.5 Å². The first-order valence-electron chi connectivity index (χ1n) is 9.93. The van der Waals surface area contributed by atoms with Crippen molar-refractivity contribution in [2.24, 2.45) is 0 Å². The summed E-state index contributed by atoms with van der Waals surface area (Å²) in [7, 11) is 0. The molecule has 8 heteroatoms. The van der Waals surface area contributed by atoms with Gasteiger partial charge in [0.15, 0.2) is 6.10 Å². The molecule has 1 aliphatic carbocycles. The van der Waals surface area contributed by atoms with Crippen LogP contribution >= 0.6 is 0 Å². The second-order valence-electron chi connectivity index (χ2n) is 8.07. The predicted molar refractivity (Wildman–Crippen MR) is 106 cm³/mol. The van der Waals surface area contributed by atoms with E-state index in [9.17, 15) is 19.2 Å². The Hall–Kier alpha value is -2.90. The number of aryl methyl sites for hydroxylation is 2. The Bertz CT molecular complexity index is 849. The fourth-order valence-corrected chi connectivity index (χ4v) is 3.61. The number of esters is 1. The van der Waals surface area contributed by atoms with E-state index in [4.69, 9.17) is 4.74 Å². The van der Waals surface area contributed by atoms with E-state index >= 15 is 0 Å². The molecule has 4 amide bonds. The third kappa shape index (κ3) is 4.75. The maximum Gasteiger partial charge on any atom is 0.325 e. The van der Waals surface area contributed by atoms with Gasteiger partial charge in [0.2, 0.25) is 0 Å². The van der Waals surface area contributed by atoms with Crippen LogP contribution in [0.3, 0.4) is 0 Å². The van der Waals surface area contributed by atoms with Crippen LogP contribution in [-0.4, -0.2) is 46.9 Å². The van der Waals surface area contributed by atoms with Crippen molar-refractivity contribution in [1.82, 2.24) is 10.2 Å². The minimum absolute atomic E-state index is 0.00789. The number of hydrogen-bond acceptors (Lipinski definition) is 5. The average Bonchev–Trinajstić information content (AvgIpc) is 3.18. The molecule has 1 aliphatic heterocycles. The van der Waals surface area contributed by atoms with E-state index in [0.29, 0.717) is 5.69 Å². The summed E-state index contributed by atoms with van der Waals surface area (Å²) in [5.41, 5.74) is 2.33. The monoisotopic (exact) mass is 401 g/mol. The van der Waals surface area contributed by atoms with Gasteiger partial charge in [-0.15, -0.1) is 0 Å². The Morgan fingerprint density at radius 1 is 1.24 bits per heavy atom. The van der Waals surface area contributed by atoms with Crippen LogP contribution in [0.25, 0.3) is 0 Å². The van der Waals surface area contributed by atoms with Gasteiger partial charge in [0, 0.05) is 18.7 Å². The molecule has 0 aromatic heterocycles. The number of ether oxygens (including phenoxy) is 1. The van der Waals surface area contributed by atoms with Gasteiger partial charge in [0.1, 0.15) is 5.54 Å². The van der Waals surface area contributed by atoms with Crippen LogP contribution in [0.5, 0.6) is 0 Å². The Morgan fingerprint density at radius 3 is 2.66 bits per heavy atom. The Balaban J connectivity index is 1.42. The highest BCUT2D eigenvalue weighted by Crippen LogP contribution is 2.25. The quantitative estimate of drug-likeness (QED) is 0.538. The smallest absolute Gasteiger partial charge is 0.325 e. The van der Waals surface area contributed by atoms with Crippen molar-refractivity contribution in [2.75, 3.05) is 11.9 Å². The molecule has 1 fully saturated rings.